The maximum atomic E-state index is 11.7. The first-order valence-corrected chi connectivity index (χ1v) is 8.45. The number of rotatable bonds is 6. The average Bonchev–Trinajstić information content (AvgIpc) is 2.57. The van der Waals surface area contributed by atoms with Gasteiger partial charge in [0.1, 0.15) is 5.82 Å². The molecule has 134 valence electrons. The smallest absolute Gasteiger partial charge is 0.315 e. The third-order valence-corrected chi connectivity index (χ3v) is 3.93. The van der Waals surface area contributed by atoms with Crippen LogP contribution < -0.4 is 15.5 Å². The quantitative estimate of drug-likeness (QED) is 0.725. The maximum Gasteiger partial charge on any atom is 0.315 e. The average molecular weight is 336 g/mol. The van der Waals surface area contributed by atoms with Crippen molar-refractivity contribution >= 4 is 11.8 Å². The highest BCUT2D eigenvalue weighted by Crippen LogP contribution is 2.18. The van der Waals surface area contributed by atoms with Gasteiger partial charge in [-0.25, -0.2) is 9.78 Å². The number of hydrogen-bond acceptors (Lipinski definition) is 5. The van der Waals surface area contributed by atoms with Crippen LogP contribution in [0.25, 0.3) is 0 Å². The van der Waals surface area contributed by atoms with Crippen molar-refractivity contribution in [1.29, 1.82) is 0 Å². The minimum absolute atomic E-state index is 0.0509. The molecule has 0 radical (unpaired) electrons. The van der Waals surface area contributed by atoms with Crippen LogP contribution in [0.15, 0.2) is 18.3 Å². The van der Waals surface area contributed by atoms with Crippen LogP contribution in [0, 0.1) is 5.92 Å². The number of carbonyl (C=O) groups excluding carboxylic acids is 1. The Kier molecular flexibility index (Phi) is 6.81. The second-order valence-corrected chi connectivity index (χ2v) is 6.54. The maximum absolute atomic E-state index is 11.7. The Labute approximate surface area is 143 Å². The predicted molar refractivity (Wildman–Crippen MR) is 92.9 cm³/mol. The van der Waals surface area contributed by atoms with Crippen molar-refractivity contribution in [3.63, 3.8) is 0 Å². The molecular weight excluding hydrogens is 308 g/mol. The lowest BCUT2D eigenvalue weighted by atomic mass is 10.2. The number of amides is 2. The lowest BCUT2D eigenvalue weighted by Gasteiger charge is -2.36. The van der Waals surface area contributed by atoms with E-state index >= 15 is 0 Å². The van der Waals surface area contributed by atoms with E-state index in [2.05, 4.69) is 34.4 Å². The molecular formula is C17H28N4O3. The molecule has 3 unspecified atom stereocenters. The summed E-state index contributed by atoms with van der Waals surface area (Å²) >= 11 is 0. The summed E-state index contributed by atoms with van der Waals surface area (Å²) in [7, 11) is 0. The number of ether oxygens (including phenoxy) is 1. The third kappa shape index (κ3) is 5.65. The van der Waals surface area contributed by atoms with Gasteiger partial charge in [0.25, 0.3) is 0 Å². The summed E-state index contributed by atoms with van der Waals surface area (Å²) in [6.07, 6.45) is 2.18. The Morgan fingerprint density at radius 2 is 2.08 bits per heavy atom. The molecule has 0 spiro atoms. The van der Waals surface area contributed by atoms with Gasteiger partial charge in [-0.3, -0.25) is 0 Å². The first kappa shape index (κ1) is 18.5. The second kappa shape index (κ2) is 8.84. The Morgan fingerprint density at radius 1 is 1.38 bits per heavy atom. The monoisotopic (exact) mass is 336 g/mol. The molecule has 0 bridgehead atoms. The Balaban J connectivity index is 1.80. The van der Waals surface area contributed by atoms with Crippen LogP contribution in [-0.4, -0.2) is 54.6 Å². The van der Waals surface area contributed by atoms with Crippen LogP contribution >= 0.6 is 0 Å². The molecule has 0 aliphatic carbocycles. The van der Waals surface area contributed by atoms with E-state index in [0.29, 0.717) is 13.1 Å². The van der Waals surface area contributed by atoms with Gasteiger partial charge in [-0.05, 0) is 31.4 Å². The molecule has 7 nitrogen and oxygen atoms in total. The van der Waals surface area contributed by atoms with E-state index in [1.807, 2.05) is 19.1 Å². The molecule has 1 aromatic heterocycles. The van der Waals surface area contributed by atoms with Gasteiger partial charge in [-0.1, -0.05) is 13.0 Å². The van der Waals surface area contributed by atoms with Crippen LogP contribution in [0.2, 0.25) is 0 Å². The van der Waals surface area contributed by atoms with Gasteiger partial charge in [0.15, 0.2) is 0 Å². The van der Waals surface area contributed by atoms with Crippen molar-refractivity contribution in [3.05, 3.63) is 23.9 Å². The molecule has 2 amide bonds. The van der Waals surface area contributed by atoms with Crippen molar-refractivity contribution in [3.8, 4) is 0 Å². The first-order chi connectivity index (χ1) is 11.5. The molecule has 1 aliphatic rings. The fourth-order valence-corrected chi connectivity index (χ4v) is 2.65. The van der Waals surface area contributed by atoms with Gasteiger partial charge in [0.2, 0.25) is 0 Å². The molecule has 7 heteroatoms. The van der Waals surface area contributed by atoms with Crippen molar-refractivity contribution in [2.75, 3.05) is 31.1 Å². The zero-order valence-electron chi connectivity index (χ0n) is 14.7. The van der Waals surface area contributed by atoms with E-state index in [-0.39, 0.29) is 30.8 Å². The lowest BCUT2D eigenvalue weighted by Crippen LogP contribution is -2.45. The fourth-order valence-electron chi connectivity index (χ4n) is 2.65. The van der Waals surface area contributed by atoms with E-state index in [4.69, 9.17) is 9.84 Å². The molecule has 3 N–H and O–H groups in total. The number of carbonyl (C=O) groups is 1. The highest BCUT2D eigenvalue weighted by molar-refractivity contribution is 5.73. The number of anilines is 1. The van der Waals surface area contributed by atoms with Crippen LogP contribution in [0.5, 0.6) is 0 Å². The number of morpholine rings is 1. The van der Waals surface area contributed by atoms with Crippen LogP contribution in [0.1, 0.15) is 26.3 Å². The fraction of sp³-hybridized carbons (Fsp3) is 0.647. The Hall–Kier alpha value is -1.86. The van der Waals surface area contributed by atoms with Crippen molar-refractivity contribution < 1.29 is 14.6 Å². The minimum atomic E-state index is -0.241. The molecule has 1 aromatic rings. The van der Waals surface area contributed by atoms with E-state index in [1.165, 1.54) is 0 Å². The number of aliphatic hydroxyl groups excluding tert-OH is 1. The SMILES string of the molecule is CC(CO)CNC(=O)NCc1ccc(N2CC(C)OC(C)C2)nc1. The summed E-state index contributed by atoms with van der Waals surface area (Å²) in [5.41, 5.74) is 0.943. The third-order valence-electron chi connectivity index (χ3n) is 3.93. The predicted octanol–water partition coefficient (Wildman–Crippen LogP) is 1.12. The molecule has 2 heterocycles. The largest absolute Gasteiger partial charge is 0.396 e. The summed E-state index contributed by atoms with van der Waals surface area (Å²) in [5, 5.41) is 14.4. The zero-order chi connectivity index (χ0) is 17.5. The summed E-state index contributed by atoms with van der Waals surface area (Å²) in [5.74, 6) is 0.983. The summed E-state index contributed by atoms with van der Waals surface area (Å²) < 4.78 is 5.73. The normalized spacial score (nSPS) is 22.1. The topological polar surface area (TPSA) is 86.7 Å². The minimum Gasteiger partial charge on any atom is -0.396 e. The second-order valence-electron chi connectivity index (χ2n) is 6.54. The van der Waals surface area contributed by atoms with Gasteiger partial charge in [-0.2, -0.15) is 0 Å². The van der Waals surface area contributed by atoms with Crippen molar-refractivity contribution in [1.82, 2.24) is 15.6 Å². The van der Waals surface area contributed by atoms with Crippen LogP contribution in [0.3, 0.4) is 0 Å². The molecule has 1 fully saturated rings. The summed E-state index contributed by atoms with van der Waals surface area (Å²) in [4.78, 5) is 18.4. The molecule has 1 aliphatic heterocycles. The first-order valence-electron chi connectivity index (χ1n) is 8.45. The molecule has 1 saturated heterocycles. The van der Waals surface area contributed by atoms with Gasteiger partial charge in [-0.15, -0.1) is 0 Å². The highest BCUT2D eigenvalue weighted by Gasteiger charge is 2.22. The number of pyridine rings is 1. The highest BCUT2D eigenvalue weighted by atomic mass is 16.5. The molecule has 3 atom stereocenters. The van der Waals surface area contributed by atoms with Crippen molar-refractivity contribution in [2.24, 2.45) is 5.92 Å². The van der Waals surface area contributed by atoms with Crippen LogP contribution in [0.4, 0.5) is 10.6 Å². The molecule has 0 aromatic carbocycles. The molecule has 0 saturated carbocycles. The van der Waals surface area contributed by atoms with Gasteiger partial charge < -0.3 is 25.4 Å². The lowest BCUT2D eigenvalue weighted by molar-refractivity contribution is -0.00546. The summed E-state index contributed by atoms with van der Waals surface area (Å²) in [6.45, 7) is 8.60. The zero-order valence-corrected chi connectivity index (χ0v) is 14.7. The van der Waals surface area contributed by atoms with Crippen LogP contribution in [-0.2, 0) is 11.3 Å². The van der Waals surface area contributed by atoms with Crippen molar-refractivity contribution in [2.45, 2.75) is 39.5 Å². The number of aliphatic hydroxyl groups is 1. The standard InChI is InChI=1S/C17H28N4O3/c1-12(11-22)6-19-17(23)20-8-15-4-5-16(18-7-15)21-9-13(2)24-14(3)10-21/h4-5,7,12-14,22H,6,8-11H2,1-3H3,(H2,19,20,23). The number of nitrogens with zero attached hydrogens (tertiary/aromatic N) is 2. The Bertz CT molecular complexity index is 513. The molecule has 24 heavy (non-hydrogen) atoms. The van der Waals surface area contributed by atoms with Gasteiger partial charge in [0, 0.05) is 39.0 Å². The van der Waals surface area contributed by atoms with E-state index < -0.39 is 0 Å². The molecule has 2 rings (SSSR count). The summed E-state index contributed by atoms with van der Waals surface area (Å²) in [6, 6.07) is 3.72. The van der Waals surface area contributed by atoms with Gasteiger partial charge >= 0.3 is 6.03 Å². The Morgan fingerprint density at radius 3 is 2.67 bits per heavy atom. The van der Waals surface area contributed by atoms with E-state index in [9.17, 15) is 4.79 Å². The number of nitrogens with one attached hydrogen (secondary N) is 2. The number of hydrogen-bond donors (Lipinski definition) is 3. The van der Waals surface area contributed by atoms with E-state index in [0.717, 1.165) is 24.5 Å². The van der Waals surface area contributed by atoms with Gasteiger partial charge in [0.05, 0.1) is 12.2 Å². The number of aromatic nitrogens is 1. The van der Waals surface area contributed by atoms with E-state index in [1.54, 1.807) is 6.20 Å². The number of urea groups is 1.